The Morgan fingerprint density at radius 2 is 2.25 bits per heavy atom. The minimum absolute atomic E-state index is 0.0105. The van der Waals surface area contributed by atoms with E-state index < -0.39 is 0 Å². The van der Waals surface area contributed by atoms with Gasteiger partial charge in [-0.25, -0.2) is 0 Å². The number of hydrogen-bond donors (Lipinski definition) is 1. The highest BCUT2D eigenvalue weighted by atomic mass is 16.1. The third-order valence-electron chi connectivity index (χ3n) is 3.13. The summed E-state index contributed by atoms with van der Waals surface area (Å²) in [5.41, 5.74) is 3.29. The van der Waals surface area contributed by atoms with Crippen molar-refractivity contribution in [2.24, 2.45) is 5.92 Å². The molecule has 1 heterocycles. The third-order valence-corrected chi connectivity index (χ3v) is 3.13. The molecule has 0 aromatic heterocycles. The van der Waals surface area contributed by atoms with Gasteiger partial charge in [0.2, 0.25) is 0 Å². The molecule has 0 bridgehead atoms. The predicted molar refractivity (Wildman–Crippen MR) is 66.0 cm³/mol. The summed E-state index contributed by atoms with van der Waals surface area (Å²) >= 11 is 0. The number of hydrogen-bond acceptors (Lipinski definition) is 2. The number of rotatable bonds is 1. The van der Waals surface area contributed by atoms with E-state index in [-0.39, 0.29) is 5.91 Å². The fraction of sp³-hybridized carbons (Fsp3) is 0.462. The van der Waals surface area contributed by atoms with Crippen LogP contribution in [0, 0.1) is 5.92 Å². The van der Waals surface area contributed by atoms with Crippen molar-refractivity contribution in [3.8, 4) is 0 Å². The minimum Gasteiger partial charge on any atom is -0.374 e. The molecule has 1 N–H and O–H groups in total. The van der Waals surface area contributed by atoms with Gasteiger partial charge in [-0.1, -0.05) is 6.92 Å². The lowest BCUT2D eigenvalue weighted by molar-refractivity contribution is 0.0963. The van der Waals surface area contributed by atoms with Gasteiger partial charge in [0.05, 0.1) is 0 Å². The van der Waals surface area contributed by atoms with Crippen LogP contribution in [0.25, 0.3) is 0 Å². The summed E-state index contributed by atoms with van der Waals surface area (Å²) in [5, 5.41) is 2.66. The lowest BCUT2D eigenvalue weighted by Crippen LogP contribution is -2.31. The van der Waals surface area contributed by atoms with Crippen LogP contribution in [-0.2, 0) is 6.42 Å². The van der Waals surface area contributed by atoms with Crippen LogP contribution < -0.4 is 10.2 Å². The van der Waals surface area contributed by atoms with Crippen LogP contribution in [-0.4, -0.2) is 26.5 Å². The molecule has 1 aromatic rings. The first-order valence-corrected chi connectivity index (χ1v) is 5.68. The number of nitrogens with zero attached hydrogens (tertiary/aromatic N) is 1. The second kappa shape index (κ2) is 4.16. The van der Waals surface area contributed by atoms with E-state index >= 15 is 0 Å². The number of fused-ring (bicyclic) bond motifs is 1. The van der Waals surface area contributed by atoms with Crippen molar-refractivity contribution >= 4 is 11.6 Å². The van der Waals surface area contributed by atoms with Crippen molar-refractivity contribution in [1.29, 1.82) is 0 Å². The van der Waals surface area contributed by atoms with Gasteiger partial charge in [-0.15, -0.1) is 0 Å². The Morgan fingerprint density at radius 1 is 1.50 bits per heavy atom. The molecule has 1 unspecified atom stereocenters. The Morgan fingerprint density at radius 3 is 2.94 bits per heavy atom. The molecule has 3 nitrogen and oxygen atoms in total. The third kappa shape index (κ3) is 1.90. The zero-order valence-electron chi connectivity index (χ0n) is 10.1. The topological polar surface area (TPSA) is 32.3 Å². The van der Waals surface area contributed by atoms with Crippen molar-refractivity contribution in [3.63, 3.8) is 0 Å². The van der Waals surface area contributed by atoms with Crippen molar-refractivity contribution in [2.45, 2.75) is 13.3 Å². The second-order valence-corrected chi connectivity index (χ2v) is 4.61. The van der Waals surface area contributed by atoms with E-state index in [4.69, 9.17) is 0 Å². The van der Waals surface area contributed by atoms with E-state index in [1.165, 1.54) is 11.3 Å². The average molecular weight is 218 g/mol. The van der Waals surface area contributed by atoms with E-state index in [2.05, 4.69) is 24.2 Å². The summed E-state index contributed by atoms with van der Waals surface area (Å²) in [4.78, 5) is 13.8. The predicted octanol–water partition coefficient (Wildman–Crippen LogP) is 1.67. The minimum atomic E-state index is -0.0105. The largest absolute Gasteiger partial charge is 0.374 e. The summed E-state index contributed by atoms with van der Waals surface area (Å²) in [6.45, 7) is 3.33. The second-order valence-electron chi connectivity index (χ2n) is 4.61. The normalized spacial score (nSPS) is 19.2. The molecule has 0 radical (unpaired) electrons. The van der Waals surface area contributed by atoms with Gasteiger partial charge in [0.15, 0.2) is 0 Å². The monoisotopic (exact) mass is 218 g/mol. The summed E-state index contributed by atoms with van der Waals surface area (Å²) < 4.78 is 0. The first-order chi connectivity index (χ1) is 7.61. The molecule has 2 rings (SSSR count). The summed E-state index contributed by atoms with van der Waals surface area (Å²) in [7, 11) is 3.77. The van der Waals surface area contributed by atoms with Crippen LogP contribution in [0.4, 0.5) is 5.69 Å². The number of anilines is 1. The molecule has 0 spiro atoms. The van der Waals surface area contributed by atoms with E-state index in [0.717, 1.165) is 18.5 Å². The molecule has 0 saturated carbocycles. The quantitative estimate of drug-likeness (QED) is 0.777. The highest BCUT2D eigenvalue weighted by Gasteiger charge is 2.19. The summed E-state index contributed by atoms with van der Waals surface area (Å²) in [5.74, 6) is 0.640. The van der Waals surface area contributed by atoms with E-state index in [1.54, 1.807) is 7.05 Å². The van der Waals surface area contributed by atoms with Gasteiger partial charge in [0.25, 0.3) is 5.91 Å². The SMILES string of the molecule is CNC(=O)c1ccc2c(c1)CC(C)CN2C. The highest BCUT2D eigenvalue weighted by Crippen LogP contribution is 2.29. The number of benzene rings is 1. The van der Waals surface area contributed by atoms with Gasteiger partial charge in [0.1, 0.15) is 0 Å². The number of carbonyl (C=O) groups is 1. The molecule has 3 heteroatoms. The summed E-state index contributed by atoms with van der Waals surface area (Å²) in [6, 6.07) is 5.95. The fourth-order valence-corrected chi connectivity index (χ4v) is 2.41. The van der Waals surface area contributed by atoms with E-state index in [9.17, 15) is 4.79 Å². The van der Waals surface area contributed by atoms with Gasteiger partial charge in [-0.2, -0.15) is 0 Å². The molecule has 0 aliphatic carbocycles. The molecule has 0 fully saturated rings. The van der Waals surface area contributed by atoms with Crippen molar-refractivity contribution < 1.29 is 4.79 Å². The van der Waals surface area contributed by atoms with Gasteiger partial charge in [-0.3, -0.25) is 4.79 Å². The Kier molecular flexibility index (Phi) is 2.86. The van der Waals surface area contributed by atoms with E-state index in [1.807, 2.05) is 18.2 Å². The molecule has 1 aliphatic heterocycles. The lowest BCUT2D eigenvalue weighted by Gasteiger charge is -2.31. The first kappa shape index (κ1) is 11.0. The Hall–Kier alpha value is -1.51. The van der Waals surface area contributed by atoms with Crippen molar-refractivity contribution in [1.82, 2.24) is 5.32 Å². The molecule has 1 aliphatic rings. The van der Waals surface area contributed by atoms with Crippen molar-refractivity contribution in [2.75, 3.05) is 25.5 Å². The highest BCUT2D eigenvalue weighted by molar-refractivity contribution is 5.94. The Bertz CT molecular complexity index is 414. The van der Waals surface area contributed by atoms with Gasteiger partial charge < -0.3 is 10.2 Å². The first-order valence-electron chi connectivity index (χ1n) is 5.68. The van der Waals surface area contributed by atoms with Gasteiger partial charge in [-0.05, 0) is 36.1 Å². The number of nitrogens with one attached hydrogen (secondary N) is 1. The average Bonchev–Trinajstić information content (AvgIpc) is 2.27. The molecular weight excluding hydrogens is 200 g/mol. The molecule has 16 heavy (non-hydrogen) atoms. The Balaban J connectivity index is 2.38. The molecule has 1 atom stereocenters. The van der Waals surface area contributed by atoms with Crippen LogP contribution in [0.5, 0.6) is 0 Å². The van der Waals surface area contributed by atoms with Crippen LogP contribution in [0.2, 0.25) is 0 Å². The van der Waals surface area contributed by atoms with Gasteiger partial charge >= 0.3 is 0 Å². The fourth-order valence-electron chi connectivity index (χ4n) is 2.41. The maximum Gasteiger partial charge on any atom is 0.251 e. The zero-order valence-corrected chi connectivity index (χ0v) is 10.1. The number of carbonyl (C=O) groups excluding carboxylic acids is 1. The van der Waals surface area contributed by atoms with Crippen molar-refractivity contribution in [3.05, 3.63) is 29.3 Å². The molecular formula is C13H18N2O. The zero-order chi connectivity index (χ0) is 11.7. The standard InChI is InChI=1S/C13H18N2O/c1-9-6-11-7-10(13(16)14-2)4-5-12(11)15(3)8-9/h4-5,7,9H,6,8H2,1-3H3,(H,14,16). The Labute approximate surface area is 96.5 Å². The lowest BCUT2D eigenvalue weighted by atomic mass is 9.93. The summed E-state index contributed by atoms with van der Waals surface area (Å²) in [6.07, 6.45) is 1.06. The van der Waals surface area contributed by atoms with Crippen LogP contribution in [0.1, 0.15) is 22.8 Å². The molecule has 1 aromatic carbocycles. The maximum absolute atomic E-state index is 11.5. The van der Waals surface area contributed by atoms with Crippen LogP contribution in [0.3, 0.4) is 0 Å². The molecule has 1 amide bonds. The maximum atomic E-state index is 11.5. The number of amides is 1. The van der Waals surface area contributed by atoms with Crippen LogP contribution in [0.15, 0.2) is 18.2 Å². The van der Waals surface area contributed by atoms with E-state index in [0.29, 0.717) is 5.92 Å². The van der Waals surface area contributed by atoms with Gasteiger partial charge in [0, 0.05) is 31.9 Å². The molecule has 0 saturated heterocycles. The van der Waals surface area contributed by atoms with Crippen LogP contribution >= 0.6 is 0 Å². The smallest absolute Gasteiger partial charge is 0.251 e. The molecule has 86 valence electrons.